The van der Waals surface area contributed by atoms with Crippen LogP contribution in [0, 0.1) is 46.5 Å². The molecule has 0 aliphatic carbocycles. The maximum atomic E-state index is 6.76. The number of anilines is 2. The van der Waals surface area contributed by atoms with Crippen LogP contribution in [-0.2, 0) is 31.9 Å². The largest absolute Gasteiger partial charge is 0.509 e. The Balaban J connectivity index is 0.00000480. The molecule has 5 nitrogen and oxygen atoms in total. The van der Waals surface area contributed by atoms with Gasteiger partial charge in [0.25, 0.3) is 0 Å². The number of rotatable bonds is 6. The van der Waals surface area contributed by atoms with Crippen LogP contribution in [-0.4, -0.2) is 9.55 Å². The summed E-state index contributed by atoms with van der Waals surface area (Å²) in [5.41, 5.74) is 13.5. The molecule has 6 heteroatoms. The third-order valence-corrected chi connectivity index (χ3v) is 10.6. The molecule has 5 aromatic carbocycles. The zero-order chi connectivity index (χ0) is 38.8. The molecule has 7 aromatic rings. The Morgan fingerprint density at radius 1 is 0.661 bits per heavy atom. The van der Waals surface area contributed by atoms with Gasteiger partial charge >= 0.3 is 0 Å². The summed E-state index contributed by atoms with van der Waals surface area (Å²) in [6.45, 7) is 24.3. The molecule has 0 unspecified atom stereocenters. The Bertz CT molecular complexity index is 2600. The zero-order valence-corrected chi connectivity index (χ0v) is 36.3. The van der Waals surface area contributed by atoms with E-state index in [9.17, 15) is 0 Å². The fourth-order valence-electron chi connectivity index (χ4n) is 7.70. The van der Waals surface area contributed by atoms with Crippen LogP contribution in [0.1, 0.15) is 80.5 Å². The van der Waals surface area contributed by atoms with Crippen LogP contribution in [0.25, 0.3) is 33.3 Å². The number of nitrogens with zero attached hydrogens (tertiary/aromatic N) is 4. The second-order valence-electron chi connectivity index (χ2n) is 17.1. The van der Waals surface area contributed by atoms with Gasteiger partial charge in [0.05, 0.1) is 0 Å². The number of para-hydroxylation sites is 1. The molecule has 1 aliphatic heterocycles. The summed E-state index contributed by atoms with van der Waals surface area (Å²) in [7, 11) is 0. The molecule has 0 bridgehead atoms. The van der Waals surface area contributed by atoms with Crippen molar-refractivity contribution in [3.8, 4) is 17.3 Å². The normalized spacial score (nSPS) is 13.4. The fourth-order valence-corrected chi connectivity index (χ4v) is 7.70. The van der Waals surface area contributed by atoms with E-state index in [2.05, 4.69) is 200 Å². The Morgan fingerprint density at radius 2 is 1.36 bits per heavy atom. The molecular formula is C50H49N4OPt-3. The molecule has 0 fully saturated rings. The Hall–Kier alpha value is -5.12. The van der Waals surface area contributed by atoms with E-state index < -0.39 is 0 Å². The number of ether oxygens (including phenoxy) is 1. The maximum Gasteiger partial charge on any atom is 0.135 e. The van der Waals surface area contributed by atoms with E-state index in [1.807, 2.05) is 12.3 Å². The number of aromatic nitrogens is 2. The van der Waals surface area contributed by atoms with Gasteiger partial charge in [0.2, 0.25) is 0 Å². The van der Waals surface area contributed by atoms with Crippen LogP contribution >= 0.6 is 0 Å². The van der Waals surface area contributed by atoms with Crippen molar-refractivity contribution >= 4 is 38.9 Å². The molecular weight excluding hydrogens is 868 g/mol. The van der Waals surface area contributed by atoms with Crippen LogP contribution in [0.5, 0.6) is 11.5 Å². The quantitative estimate of drug-likeness (QED) is 0.156. The van der Waals surface area contributed by atoms with Gasteiger partial charge in [-0.1, -0.05) is 89.5 Å². The standard InChI is InChI=1S/C50H49N4O.Pt/c1-32-22-33(2)24-39(23-32)53-31-52(30-46(53)48-34(3)14-13-15-35(48)4)38-25-37(50(8,9)10)26-41(28-38)55-40-18-19-43-42-16-11-12-17-44(42)54(45(43)29-40)47-27-36(20-21-51-47)49(5,6)7;/h11-27,30-31H,1-10H3;/q-3;. The molecule has 0 N–H and O–H groups in total. The number of hydrogen-bond donors (Lipinski definition) is 0. The summed E-state index contributed by atoms with van der Waals surface area (Å²) in [6, 6.07) is 41.8. The molecule has 0 amide bonds. The number of benzene rings is 5. The van der Waals surface area contributed by atoms with E-state index in [0.717, 1.165) is 50.3 Å². The third-order valence-electron chi connectivity index (χ3n) is 10.6. The molecule has 0 radical (unpaired) electrons. The van der Waals surface area contributed by atoms with Crippen molar-refractivity contribution < 1.29 is 25.8 Å². The average Bonchev–Trinajstić information content (AvgIpc) is 3.70. The van der Waals surface area contributed by atoms with Gasteiger partial charge in [0.15, 0.2) is 0 Å². The van der Waals surface area contributed by atoms with Gasteiger partial charge in [0, 0.05) is 61.2 Å². The van der Waals surface area contributed by atoms with Crippen LogP contribution in [0.2, 0.25) is 0 Å². The second kappa shape index (κ2) is 14.8. The van der Waals surface area contributed by atoms with Gasteiger partial charge in [-0.05, 0) is 108 Å². The number of pyridine rings is 1. The molecule has 0 atom stereocenters. The Kier molecular flexibility index (Phi) is 10.3. The molecule has 0 spiro atoms. The minimum absolute atomic E-state index is 0. The first-order valence-corrected chi connectivity index (χ1v) is 19.1. The van der Waals surface area contributed by atoms with Crippen molar-refractivity contribution in [3.63, 3.8) is 0 Å². The van der Waals surface area contributed by atoms with Gasteiger partial charge in [-0.3, -0.25) is 0 Å². The van der Waals surface area contributed by atoms with E-state index in [1.165, 1.54) is 33.4 Å². The molecule has 56 heavy (non-hydrogen) atoms. The molecule has 8 rings (SSSR count). The molecule has 1 aliphatic rings. The molecule has 2 aromatic heterocycles. The molecule has 288 valence electrons. The van der Waals surface area contributed by atoms with E-state index >= 15 is 0 Å². The summed E-state index contributed by atoms with van der Waals surface area (Å²) < 4.78 is 8.96. The summed E-state index contributed by atoms with van der Waals surface area (Å²) in [5, 5.41) is 2.25. The third kappa shape index (κ3) is 7.42. The minimum atomic E-state index is -0.141. The summed E-state index contributed by atoms with van der Waals surface area (Å²) in [6.07, 6.45) is 4.13. The monoisotopic (exact) mass is 916 g/mol. The topological polar surface area (TPSA) is 33.5 Å². The number of hydrogen-bond acceptors (Lipinski definition) is 4. The summed E-state index contributed by atoms with van der Waals surface area (Å²) in [5.74, 6) is 2.11. The first kappa shape index (κ1) is 39.1. The van der Waals surface area contributed by atoms with Crippen molar-refractivity contribution in [3.05, 3.63) is 167 Å². The van der Waals surface area contributed by atoms with Gasteiger partial charge in [0.1, 0.15) is 5.82 Å². The first-order chi connectivity index (χ1) is 26.1. The van der Waals surface area contributed by atoms with E-state index in [0.29, 0.717) is 11.5 Å². The van der Waals surface area contributed by atoms with Crippen molar-refractivity contribution in [1.29, 1.82) is 0 Å². The Morgan fingerprint density at radius 3 is 2.05 bits per heavy atom. The summed E-state index contributed by atoms with van der Waals surface area (Å²) >= 11 is 0. The van der Waals surface area contributed by atoms with E-state index in [1.54, 1.807) is 0 Å². The second-order valence-corrected chi connectivity index (χ2v) is 17.1. The van der Waals surface area contributed by atoms with Crippen molar-refractivity contribution in [2.45, 2.75) is 80.1 Å². The molecule has 0 saturated heterocycles. The van der Waals surface area contributed by atoms with E-state index in [-0.39, 0.29) is 31.9 Å². The summed E-state index contributed by atoms with van der Waals surface area (Å²) in [4.78, 5) is 9.34. The number of aryl methyl sites for hydroxylation is 4. The molecule has 3 heterocycles. The average molecular weight is 917 g/mol. The van der Waals surface area contributed by atoms with Crippen molar-refractivity contribution in [2.24, 2.45) is 0 Å². The van der Waals surface area contributed by atoms with Crippen LogP contribution in [0.15, 0.2) is 109 Å². The van der Waals surface area contributed by atoms with Gasteiger partial charge in [-0.25, -0.2) is 4.98 Å². The van der Waals surface area contributed by atoms with Crippen LogP contribution in [0.4, 0.5) is 11.4 Å². The number of fused-ring (bicyclic) bond motifs is 3. The maximum absolute atomic E-state index is 6.76. The van der Waals surface area contributed by atoms with Crippen LogP contribution < -0.4 is 14.5 Å². The SMILES string of the molecule is Cc1cc(C)cc(N2[CH-]N(c3[c-]c(Oc4[c-]c5c(cc4)c4ccccc4n5-c4cc(C(C)(C)C)ccn4)cc(C(C)(C)C)c3)C=C2c2c(C)cccc2C)c1.[Pt]. The van der Waals surface area contributed by atoms with E-state index in [4.69, 9.17) is 9.72 Å². The van der Waals surface area contributed by atoms with Gasteiger partial charge in [-0.15, -0.1) is 53.6 Å². The fraction of sp³-hybridized carbons (Fsp3) is 0.240. The van der Waals surface area contributed by atoms with Crippen molar-refractivity contribution in [1.82, 2.24) is 9.55 Å². The Labute approximate surface area is 346 Å². The smallest absolute Gasteiger partial charge is 0.135 e. The minimum Gasteiger partial charge on any atom is -0.509 e. The van der Waals surface area contributed by atoms with Gasteiger partial charge < -0.3 is 19.1 Å². The zero-order valence-electron chi connectivity index (χ0n) is 34.0. The first-order valence-electron chi connectivity index (χ1n) is 19.1. The predicted octanol–water partition coefficient (Wildman–Crippen LogP) is 12.8. The van der Waals surface area contributed by atoms with Gasteiger partial charge in [-0.2, -0.15) is 6.07 Å². The molecule has 0 saturated carbocycles. The predicted molar refractivity (Wildman–Crippen MR) is 229 cm³/mol. The van der Waals surface area contributed by atoms with Crippen LogP contribution in [0.3, 0.4) is 0 Å². The van der Waals surface area contributed by atoms with Crippen molar-refractivity contribution in [2.75, 3.05) is 9.80 Å².